The van der Waals surface area contributed by atoms with Crippen LogP contribution in [0.15, 0.2) is 0 Å². The van der Waals surface area contributed by atoms with Gasteiger partial charge in [-0.3, -0.25) is 14.3 Å². The predicted molar refractivity (Wildman–Crippen MR) is 92.4 cm³/mol. The predicted octanol–water partition coefficient (Wildman–Crippen LogP) is 2.17. The summed E-state index contributed by atoms with van der Waals surface area (Å²) in [6.45, 7) is 9.59. The van der Waals surface area contributed by atoms with Crippen molar-refractivity contribution in [3.8, 4) is 0 Å². The lowest BCUT2D eigenvalue weighted by Crippen LogP contribution is -2.28. The number of Topliss-reactive ketones (excluding diaryl/α,β-unsaturated/α-hetero) is 1. The van der Waals surface area contributed by atoms with Gasteiger partial charge in [0, 0.05) is 25.1 Å². The Bertz CT molecular complexity index is 750. The molecule has 8 heteroatoms. The Hall–Kier alpha value is -2.09. The normalized spacial score (nSPS) is 12.2. The summed E-state index contributed by atoms with van der Waals surface area (Å²) in [5.74, 6) is -0.0408. The number of aryl methyl sites for hydroxylation is 2. The molecule has 0 aliphatic heterocycles. The number of carbonyl (C=O) groups is 2. The van der Waals surface area contributed by atoms with Gasteiger partial charge in [0.1, 0.15) is 10.0 Å². The van der Waals surface area contributed by atoms with Gasteiger partial charge in [-0.15, -0.1) is 21.5 Å². The molecule has 1 atom stereocenters. The Morgan fingerprint density at radius 2 is 1.96 bits per heavy atom. The fraction of sp³-hybridized carbons (Fsp3) is 0.562. The van der Waals surface area contributed by atoms with E-state index in [0.29, 0.717) is 30.6 Å². The van der Waals surface area contributed by atoms with Crippen LogP contribution in [0.3, 0.4) is 0 Å². The van der Waals surface area contributed by atoms with Crippen LogP contribution >= 0.6 is 11.3 Å². The van der Waals surface area contributed by atoms with E-state index in [2.05, 4.69) is 20.6 Å². The van der Waals surface area contributed by atoms with Crippen LogP contribution in [0.25, 0.3) is 0 Å². The SMILES string of the molecule is CC(=O)c1c(C)nn(C(C)CC(=O)NCCc2nnc(C)s2)c1C. The van der Waals surface area contributed by atoms with Gasteiger partial charge in [-0.1, -0.05) is 0 Å². The van der Waals surface area contributed by atoms with Crippen molar-refractivity contribution in [1.29, 1.82) is 0 Å². The third-order valence-electron chi connectivity index (χ3n) is 3.80. The van der Waals surface area contributed by atoms with Gasteiger partial charge in [0.15, 0.2) is 5.78 Å². The second-order valence-electron chi connectivity index (χ2n) is 5.91. The van der Waals surface area contributed by atoms with Crippen molar-refractivity contribution < 1.29 is 9.59 Å². The lowest BCUT2D eigenvalue weighted by molar-refractivity contribution is -0.121. The fourth-order valence-corrected chi connectivity index (χ4v) is 3.48. The maximum Gasteiger partial charge on any atom is 0.222 e. The Morgan fingerprint density at radius 1 is 1.25 bits per heavy atom. The maximum atomic E-state index is 12.1. The Morgan fingerprint density at radius 3 is 2.50 bits per heavy atom. The molecular weight excluding hydrogens is 326 g/mol. The monoisotopic (exact) mass is 349 g/mol. The summed E-state index contributed by atoms with van der Waals surface area (Å²) >= 11 is 1.54. The van der Waals surface area contributed by atoms with Crippen LogP contribution in [0.5, 0.6) is 0 Å². The molecule has 0 bridgehead atoms. The molecule has 1 N–H and O–H groups in total. The lowest BCUT2D eigenvalue weighted by atomic mass is 10.1. The zero-order valence-corrected chi connectivity index (χ0v) is 15.5. The highest BCUT2D eigenvalue weighted by atomic mass is 32.1. The average molecular weight is 349 g/mol. The van der Waals surface area contributed by atoms with Crippen molar-refractivity contribution in [2.75, 3.05) is 6.54 Å². The van der Waals surface area contributed by atoms with Crippen molar-refractivity contribution in [2.45, 2.75) is 53.5 Å². The number of amides is 1. The Labute approximate surface area is 145 Å². The number of nitrogens with one attached hydrogen (secondary N) is 1. The van der Waals surface area contributed by atoms with Crippen LogP contribution in [-0.2, 0) is 11.2 Å². The van der Waals surface area contributed by atoms with Gasteiger partial charge >= 0.3 is 0 Å². The molecule has 0 saturated heterocycles. The molecule has 130 valence electrons. The first-order chi connectivity index (χ1) is 11.3. The molecule has 0 saturated carbocycles. The van der Waals surface area contributed by atoms with Gasteiger partial charge < -0.3 is 5.32 Å². The summed E-state index contributed by atoms with van der Waals surface area (Å²) in [4.78, 5) is 23.8. The van der Waals surface area contributed by atoms with Gasteiger partial charge in [0.25, 0.3) is 0 Å². The molecule has 2 heterocycles. The van der Waals surface area contributed by atoms with E-state index < -0.39 is 0 Å². The van der Waals surface area contributed by atoms with E-state index in [0.717, 1.165) is 15.7 Å². The minimum Gasteiger partial charge on any atom is -0.356 e. The molecule has 24 heavy (non-hydrogen) atoms. The second-order valence-corrected chi connectivity index (χ2v) is 7.18. The summed E-state index contributed by atoms with van der Waals surface area (Å²) in [5.41, 5.74) is 2.16. The summed E-state index contributed by atoms with van der Waals surface area (Å²) in [5, 5.41) is 17.1. The number of hydrogen-bond donors (Lipinski definition) is 1. The summed E-state index contributed by atoms with van der Waals surface area (Å²) in [6, 6.07) is -0.111. The van der Waals surface area contributed by atoms with Crippen LogP contribution in [0.2, 0.25) is 0 Å². The Balaban J connectivity index is 1.89. The van der Waals surface area contributed by atoms with E-state index in [-0.39, 0.29) is 17.7 Å². The number of aromatic nitrogens is 4. The number of ketones is 1. The van der Waals surface area contributed by atoms with Crippen molar-refractivity contribution >= 4 is 23.0 Å². The summed E-state index contributed by atoms with van der Waals surface area (Å²) < 4.78 is 1.76. The first-order valence-electron chi connectivity index (χ1n) is 7.92. The largest absolute Gasteiger partial charge is 0.356 e. The smallest absolute Gasteiger partial charge is 0.222 e. The van der Waals surface area contributed by atoms with E-state index in [4.69, 9.17) is 0 Å². The van der Waals surface area contributed by atoms with Crippen molar-refractivity contribution in [3.05, 3.63) is 27.0 Å². The third kappa shape index (κ3) is 4.25. The molecule has 2 rings (SSSR count). The summed E-state index contributed by atoms with van der Waals surface area (Å²) in [6.07, 6.45) is 0.995. The highest BCUT2D eigenvalue weighted by Gasteiger charge is 2.20. The van der Waals surface area contributed by atoms with Crippen LogP contribution in [0.1, 0.15) is 58.1 Å². The highest BCUT2D eigenvalue weighted by Crippen LogP contribution is 2.19. The highest BCUT2D eigenvalue weighted by molar-refractivity contribution is 7.11. The van der Waals surface area contributed by atoms with Gasteiger partial charge in [0.2, 0.25) is 5.91 Å². The molecule has 1 amide bonds. The molecular formula is C16H23N5O2S. The number of carbonyl (C=O) groups excluding carboxylic acids is 2. The fourth-order valence-electron chi connectivity index (χ4n) is 2.78. The molecule has 2 aromatic rings. The van der Waals surface area contributed by atoms with E-state index in [1.54, 1.807) is 4.68 Å². The third-order valence-corrected chi connectivity index (χ3v) is 4.70. The first kappa shape index (κ1) is 18.3. The zero-order chi connectivity index (χ0) is 17.9. The van der Waals surface area contributed by atoms with Gasteiger partial charge in [-0.25, -0.2) is 0 Å². The quantitative estimate of drug-likeness (QED) is 0.774. The molecule has 0 aliphatic carbocycles. The molecule has 7 nitrogen and oxygen atoms in total. The van der Waals surface area contributed by atoms with E-state index in [1.807, 2.05) is 27.7 Å². The lowest BCUT2D eigenvalue weighted by Gasteiger charge is -2.14. The molecule has 2 aromatic heterocycles. The molecule has 0 fully saturated rings. The molecule has 0 aliphatic rings. The topological polar surface area (TPSA) is 89.8 Å². The van der Waals surface area contributed by atoms with Gasteiger partial charge in [-0.2, -0.15) is 5.10 Å². The van der Waals surface area contributed by atoms with Gasteiger partial charge in [-0.05, 0) is 34.6 Å². The molecule has 1 unspecified atom stereocenters. The second kappa shape index (κ2) is 7.65. The maximum absolute atomic E-state index is 12.1. The molecule has 0 radical (unpaired) electrons. The van der Waals surface area contributed by atoms with Gasteiger partial charge in [0.05, 0.1) is 17.3 Å². The standard InChI is InChI=1S/C16H23N5O2S/c1-9(21-11(3)16(12(4)22)10(2)20-21)8-14(23)17-7-6-15-19-18-13(5)24-15/h9H,6-8H2,1-5H3,(H,17,23). The van der Waals surface area contributed by atoms with Crippen LogP contribution in [-0.4, -0.2) is 38.2 Å². The minimum absolute atomic E-state index is 0.000234. The molecule has 0 spiro atoms. The number of rotatable bonds is 7. The van der Waals surface area contributed by atoms with Crippen LogP contribution < -0.4 is 5.32 Å². The van der Waals surface area contributed by atoms with E-state index in [9.17, 15) is 9.59 Å². The number of nitrogens with zero attached hydrogens (tertiary/aromatic N) is 4. The van der Waals surface area contributed by atoms with Crippen LogP contribution in [0, 0.1) is 20.8 Å². The molecule has 0 aromatic carbocycles. The Kier molecular flexibility index (Phi) is 5.82. The van der Waals surface area contributed by atoms with Crippen molar-refractivity contribution in [3.63, 3.8) is 0 Å². The average Bonchev–Trinajstić information content (AvgIpc) is 3.02. The summed E-state index contributed by atoms with van der Waals surface area (Å²) in [7, 11) is 0. The van der Waals surface area contributed by atoms with Crippen molar-refractivity contribution in [2.24, 2.45) is 0 Å². The van der Waals surface area contributed by atoms with E-state index >= 15 is 0 Å². The first-order valence-corrected chi connectivity index (χ1v) is 8.73. The zero-order valence-electron chi connectivity index (χ0n) is 14.7. The van der Waals surface area contributed by atoms with Crippen molar-refractivity contribution in [1.82, 2.24) is 25.3 Å². The van der Waals surface area contributed by atoms with Crippen LogP contribution in [0.4, 0.5) is 0 Å². The minimum atomic E-state index is -0.111. The number of hydrogen-bond acceptors (Lipinski definition) is 6. The van der Waals surface area contributed by atoms with E-state index in [1.165, 1.54) is 18.3 Å².